The molecule has 1 amide bonds. The predicted molar refractivity (Wildman–Crippen MR) is 124 cm³/mol. The molecule has 0 spiro atoms. The zero-order chi connectivity index (χ0) is 23.4. The van der Waals surface area contributed by atoms with Gasteiger partial charge >= 0.3 is 0 Å². The van der Waals surface area contributed by atoms with Crippen LogP contribution in [0.4, 0.5) is 15.9 Å². The third-order valence-electron chi connectivity index (χ3n) is 4.73. The predicted octanol–water partition coefficient (Wildman–Crippen LogP) is 4.78. The number of sulfonamides is 1. The van der Waals surface area contributed by atoms with E-state index in [1.165, 1.54) is 24.3 Å². The Kier molecular flexibility index (Phi) is 6.43. The van der Waals surface area contributed by atoms with Gasteiger partial charge < -0.3 is 5.32 Å². The van der Waals surface area contributed by atoms with Crippen molar-refractivity contribution in [1.29, 1.82) is 0 Å². The molecule has 168 valence electrons. The van der Waals surface area contributed by atoms with Crippen LogP contribution < -0.4 is 10.0 Å². The highest BCUT2D eigenvalue weighted by Gasteiger charge is 2.17. The van der Waals surface area contributed by atoms with Gasteiger partial charge in [0.05, 0.1) is 22.7 Å². The van der Waals surface area contributed by atoms with Crippen LogP contribution in [0.25, 0.3) is 0 Å². The lowest BCUT2D eigenvalue weighted by atomic mass is 10.2. The first kappa shape index (κ1) is 22.5. The zero-order valence-electron chi connectivity index (χ0n) is 17.1. The average Bonchev–Trinajstić information content (AvgIpc) is 3.22. The third-order valence-corrected chi connectivity index (χ3v) is 6.40. The molecule has 10 heteroatoms. The Morgan fingerprint density at radius 1 is 1.00 bits per heavy atom. The van der Waals surface area contributed by atoms with Gasteiger partial charge in [-0.1, -0.05) is 41.9 Å². The summed E-state index contributed by atoms with van der Waals surface area (Å²) in [4.78, 5) is 12.5. The van der Waals surface area contributed by atoms with Crippen LogP contribution >= 0.6 is 11.6 Å². The molecule has 1 heterocycles. The Morgan fingerprint density at radius 2 is 1.73 bits per heavy atom. The van der Waals surface area contributed by atoms with Crippen LogP contribution in [0.3, 0.4) is 0 Å². The Balaban J connectivity index is 1.44. The van der Waals surface area contributed by atoms with Crippen molar-refractivity contribution < 1.29 is 17.6 Å². The van der Waals surface area contributed by atoms with Gasteiger partial charge in [-0.2, -0.15) is 5.10 Å². The second kappa shape index (κ2) is 9.43. The minimum Gasteiger partial charge on any atom is -0.307 e. The number of carbonyl (C=O) groups excluding carboxylic acids is 1. The Labute approximate surface area is 194 Å². The van der Waals surface area contributed by atoms with Crippen molar-refractivity contribution in [3.63, 3.8) is 0 Å². The van der Waals surface area contributed by atoms with Gasteiger partial charge in [0.15, 0.2) is 0 Å². The number of anilines is 2. The molecule has 33 heavy (non-hydrogen) atoms. The fraction of sp³-hybridized carbons (Fsp3) is 0.0435. The van der Waals surface area contributed by atoms with Crippen LogP contribution in [0.1, 0.15) is 15.9 Å². The first-order chi connectivity index (χ1) is 15.8. The molecule has 0 fully saturated rings. The number of nitrogens with one attached hydrogen (secondary N) is 2. The number of carbonyl (C=O) groups is 1. The average molecular weight is 485 g/mol. The van der Waals surface area contributed by atoms with Crippen LogP contribution in [-0.4, -0.2) is 24.1 Å². The first-order valence-electron chi connectivity index (χ1n) is 9.77. The molecule has 3 aromatic carbocycles. The van der Waals surface area contributed by atoms with E-state index in [2.05, 4.69) is 15.1 Å². The molecule has 0 aliphatic carbocycles. The molecule has 0 radical (unpaired) electrons. The van der Waals surface area contributed by atoms with E-state index >= 15 is 0 Å². The summed E-state index contributed by atoms with van der Waals surface area (Å²) in [6.07, 6.45) is 1.60. The van der Waals surface area contributed by atoms with Gasteiger partial charge in [0.25, 0.3) is 15.9 Å². The molecule has 0 bridgehead atoms. The van der Waals surface area contributed by atoms with Crippen LogP contribution in [0.2, 0.25) is 5.02 Å². The fourth-order valence-corrected chi connectivity index (χ4v) is 4.39. The normalized spacial score (nSPS) is 11.2. The van der Waals surface area contributed by atoms with Gasteiger partial charge in [0, 0.05) is 17.3 Å². The van der Waals surface area contributed by atoms with Crippen LogP contribution in [0, 0.1) is 5.82 Å². The Bertz CT molecular complexity index is 1390. The second-order valence-electron chi connectivity index (χ2n) is 7.07. The Hall–Kier alpha value is -3.69. The maximum absolute atomic E-state index is 13.3. The van der Waals surface area contributed by atoms with Crippen molar-refractivity contribution in [2.24, 2.45) is 0 Å². The lowest BCUT2D eigenvalue weighted by Crippen LogP contribution is -2.16. The molecular formula is C23H18ClFN4O3S. The summed E-state index contributed by atoms with van der Waals surface area (Å²) < 4.78 is 42.4. The van der Waals surface area contributed by atoms with Crippen LogP contribution in [0.15, 0.2) is 90.0 Å². The van der Waals surface area contributed by atoms with Crippen molar-refractivity contribution >= 4 is 39.0 Å². The molecule has 0 unspecified atom stereocenters. The van der Waals surface area contributed by atoms with Crippen molar-refractivity contribution in [3.05, 3.63) is 107 Å². The largest absolute Gasteiger partial charge is 0.307 e. The lowest BCUT2D eigenvalue weighted by Gasteiger charge is -2.11. The van der Waals surface area contributed by atoms with Gasteiger partial charge in [-0.25, -0.2) is 17.5 Å². The van der Waals surface area contributed by atoms with E-state index < -0.39 is 15.8 Å². The molecule has 4 aromatic rings. The number of halogens is 2. The number of aromatic nitrogens is 2. The molecule has 0 atom stereocenters. The number of benzene rings is 3. The zero-order valence-corrected chi connectivity index (χ0v) is 18.6. The monoisotopic (exact) mass is 484 g/mol. The maximum Gasteiger partial charge on any atom is 0.261 e. The summed E-state index contributed by atoms with van der Waals surface area (Å²) in [5, 5.41) is 6.76. The standard InChI is InChI=1S/C23H18ClFN4O3S/c24-20-14-19(10-11-21(20)25)33(31,32)28-18-8-6-17(7-9-18)23(30)27-22-12-13-26-29(22)15-16-4-2-1-3-5-16/h1-14,28H,15H2,(H,27,30). The first-order valence-corrected chi connectivity index (χ1v) is 11.6. The lowest BCUT2D eigenvalue weighted by molar-refractivity contribution is 0.102. The molecule has 0 saturated heterocycles. The second-order valence-corrected chi connectivity index (χ2v) is 9.16. The van der Waals surface area contributed by atoms with Gasteiger partial charge in [0.2, 0.25) is 0 Å². The fourth-order valence-electron chi connectivity index (χ4n) is 3.06. The molecule has 0 saturated carbocycles. The maximum atomic E-state index is 13.3. The van der Waals surface area contributed by atoms with Crippen molar-refractivity contribution in [2.75, 3.05) is 10.0 Å². The summed E-state index contributed by atoms with van der Waals surface area (Å²) in [5.74, 6) is -0.553. The van der Waals surface area contributed by atoms with Crippen LogP contribution in [-0.2, 0) is 16.6 Å². The molecule has 2 N–H and O–H groups in total. The number of hydrogen-bond donors (Lipinski definition) is 2. The van der Waals surface area contributed by atoms with Gasteiger partial charge in [-0.3, -0.25) is 9.52 Å². The van der Waals surface area contributed by atoms with Gasteiger partial charge in [-0.15, -0.1) is 0 Å². The molecule has 0 aliphatic rings. The number of hydrogen-bond acceptors (Lipinski definition) is 4. The van der Waals surface area contributed by atoms with E-state index in [-0.39, 0.29) is 21.5 Å². The van der Waals surface area contributed by atoms with Crippen LogP contribution in [0.5, 0.6) is 0 Å². The minimum atomic E-state index is -3.98. The van der Waals surface area contributed by atoms with E-state index in [1.54, 1.807) is 16.9 Å². The number of amides is 1. The number of rotatable bonds is 7. The summed E-state index contributed by atoms with van der Waals surface area (Å²) >= 11 is 5.68. The topological polar surface area (TPSA) is 93.1 Å². The van der Waals surface area contributed by atoms with E-state index in [1.807, 2.05) is 30.3 Å². The third kappa shape index (κ3) is 5.39. The van der Waals surface area contributed by atoms with Gasteiger partial charge in [-0.05, 0) is 48.0 Å². The van der Waals surface area contributed by atoms with Crippen molar-refractivity contribution in [3.8, 4) is 0 Å². The minimum absolute atomic E-state index is 0.178. The van der Waals surface area contributed by atoms with Crippen molar-refractivity contribution in [1.82, 2.24) is 9.78 Å². The van der Waals surface area contributed by atoms with Gasteiger partial charge in [0.1, 0.15) is 11.6 Å². The molecule has 4 rings (SSSR count). The molecule has 0 aliphatic heterocycles. The summed E-state index contributed by atoms with van der Waals surface area (Å²) in [6.45, 7) is 0.498. The van der Waals surface area contributed by atoms with E-state index in [4.69, 9.17) is 11.6 Å². The molecule has 7 nitrogen and oxygen atoms in total. The smallest absolute Gasteiger partial charge is 0.261 e. The SMILES string of the molecule is O=C(Nc1ccnn1Cc1ccccc1)c1ccc(NS(=O)(=O)c2ccc(F)c(Cl)c2)cc1. The highest BCUT2D eigenvalue weighted by molar-refractivity contribution is 7.92. The summed E-state index contributed by atoms with van der Waals surface area (Å²) in [6, 6.07) is 20.4. The highest BCUT2D eigenvalue weighted by atomic mass is 35.5. The summed E-state index contributed by atoms with van der Waals surface area (Å²) in [5.41, 5.74) is 1.60. The van der Waals surface area contributed by atoms with E-state index in [0.29, 0.717) is 17.9 Å². The van der Waals surface area contributed by atoms with Crippen molar-refractivity contribution in [2.45, 2.75) is 11.4 Å². The van der Waals surface area contributed by atoms with E-state index in [0.717, 1.165) is 23.8 Å². The molecule has 1 aromatic heterocycles. The summed E-state index contributed by atoms with van der Waals surface area (Å²) in [7, 11) is -3.98. The Morgan fingerprint density at radius 3 is 2.42 bits per heavy atom. The highest BCUT2D eigenvalue weighted by Crippen LogP contribution is 2.22. The van der Waals surface area contributed by atoms with E-state index in [9.17, 15) is 17.6 Å². The number of nitrogens with zero attached hydrogens (tertiary/aromatic N) is 2. The molecular weight excluding hydrogens is 467 g/mol. The quantitative estimate of drug-likeness (QED) is 0.395.